The highest BCUT2D eigenvalue weighted by atomic mass is 16.4. The molecule has 2 heterocycles. The topological polar surface area (TPSA) is 191 Å². The number of nitrogens with one attached hydrogen (secondary N) is 3. The Morgan fingerprint density at radius 2 is 2.03 bits per heavy atom. The molecule has 0 radical (unpaired) electrons. The largest absolute Gasteiger partial charge is 0.480 e. The van der Waals surface area contributed by atoms with Crippen molar-refractivity contribution in [3.05, 3.63) is 18.2 Å². The van der Waals surface area contributed by atoms with Crippen LogP contribution in [0, 0.1) is 0 Å². The number of nitrogens with two attached hydrogens (primary N) is 1. The standard InChI is InChI=1S/C18H28N6O6/c1-9(22-15(26)12(19)6-11-7-20-8-21-11)17(28)24-5-3-4-13(24)16(27)23-14(10(2)25)18(29)30/h7-10,12-14,25H,3-6,19H2,1-2H3,(H,20,21)(H,22,26)(H,23,27)(H,29,30). The van der Waals surface area contributed by atoms with Crippen LogP contribution in [0.5, 0.6) is 0 Å². The first-order valence-electron chi connectivity index (χ1n) is 9.66. The van der Waals surface area contributed by atoms with Gasteiger partial charge in [-0.3, -0.25) is 14.4 Å². The van der Waals surface area contributed by atoms with Gasteiger partial charge >= 0.3 is 5.97 Å². The third-order valence-electron chi connectivity index (χ3n) is 4.95. The first-order chi connectivity index (χ1) is 14.1. The lowest BCUT2D eigenvalue weighted by Gasteiger charge is -2.29. The summed E-state index contributed by atoms with van der Waals surface area (Å²) < 4.78 is 0. The molecule has 1 aromatic heterocycles. The van der Waals surface area contributed by atoms with Gasteiger partial charge < -0.3 is 36.5 Å². The van der Waals surface area contributed by atoms with Gasteiger partial charge in [0.15, 0.2) is 6.04 Å². The van der Waals surface area contributed by atoms with Gasteiger partial charge in [-0.05, 0) is 26.7 Å². The van der Waals surface area contributed by atoms with Crippen molar-refractivity contribution in [3.8, 4) is 0 Å². The fourth-order valence-corrected chi connectivity index (χ4v) is 3.30. The van der Waals surface area contributed by atoms with Gasteiger partial charge in [0.1, 0.15) is 12.1 Å². The third kappa shape index (κ3) is 5.76. The number of likely N-dealkylation sites (tertiary alicyclic amines) is 1. The number of aromatic nitrogens is 2. The number of aromatic amines is 1. The van der Waals surface area contributed by atoms with Gasteiger partial charge in [0.25, 0.3) is 0 Å². The van der Waals surface area contributed by atoms with Crippen LogP contribution < -0.4 is 16.4 Å². The second-order valence-electron chi connectivity index (χ2n) is 7.37. The number of aliphatic carboxylic acids is 1. The van der Waals surface area contributed by atoms with Gasteiger partial charge in [-0.25, -0.2) is 9.78 Å². The summed E-state index contributed by atoms with van der Waals surface area (Å²) in [6, 6.07) is -4.17. The van der Waals surface area contributed by atoms with Crippen molar-refractivity contribution in [1.29, 1.82) is 0 Å². The van der Waals surface area contributed by atoms with E-state index in [1.165, 1.54) is 25.1 Å². The smallest absolute Gasteiger partial charge is 0.328 e. The predicted octanol–water partition coefficient (Wildman–Crippen LogP) is -2.27. The number of aliphatic hydroxyl groups is 1. The molecule has 5 unspecified atom stereocenters. The summed E-state index contributed by atoms with van der Waals surface area (Å²) in [7, 11) is 0. The third-order valence-corrected chi connectivity index (χ3v) is 4.95. The normalized spacial score (nSPS) is 20.1. The van der Waals surface area contributed by atoms with Crippen LogP contribution in [0.1, 0.15) is 32.4 Å². The van der Waals surface area contributed by atoms with E-state index in [1.54, 1.807) is 6.20 Å². The van der Waals surface area contributed by atoms with E-state index in [9.17, 15) is 24.3 Å². The number of aliphatic hydroxyl groups excluding tert-OH is 1. The Morgan fingerprint density at radius 1 is 1.33 bits per heavy atom. The first kappa shape index (κ1) is 23.3. The Hall–Kier alpha value is -2.99. The molecule has 1 aliphatic rings. The number of H-pyrrole nitrogens is 1. The molecule has 3 amide bonds. The lowest BCUT2D eigenvalue weighted by atomic mass is 10.1. The summed E-state index contributed by atoms with van der Waals surface area (Å²) in [4.78, 5) is 56.8. The van der Waals surface area contributed by atoms with Crippen LogP contribution >= 0.6 is 0 Å². The Bertz CT molecular complexity index is 767. The summed E-state index contributed by atoms with van der Waals surface area (Å²) >= 11 is 0. The summed E-state index contributed by atoms with van der Waals surface area (Å²) in [5.41, 5.74) is 6.55. The van der Waals surface area contributed by atoms with E-state index in [0.717, 1.165) is 0 Å². The molecule has 166 valence electrons. The summed E-state index contributed by atoms with van der Waals surface area (Å²) in [6.07, 6.45) is 2.84. The fourth-order valence-electron chi connectivity index (χ4n) is 3.30. The maximum atomic E-state index is 12.8. The Morgan fingerprint density at radius 3 is 2.60 bits per heavy atom. The molecule has 12 nitrogen and oxygen atoms in total. The van der Waals surface area contributed by atoms with Gasteiger partial charge in [-0.2, -0.15) is 0 Å². The molecule has 7 N–H and O–H groups in total. The molecule has 0 spiro atoms. The van der Waals surface area contributed by atoms with Crippen molar-refractivity contribution in [1.82, 2.24) is 25.5 Å². The maximum Gasteiger partial charge on any atom is 0.328 e. The van der Waals surface area contributed by atoms with Crippen LogP contribution in [-0.4, -0.2) is 85.6 Å². The van der Waals surface area contributed by atoms with E-state index in [4.69, 9.17) is 10.8 Å². The number of carbonyl (C=O) groups is 4. The van der Waals surface area contributed by atoms with Gasteiger partial charge in [0.05, 0.1) is 18.5 Å². The maximum absolute atomic E-state index is 12.8. The Labute approximate surface area is 173 Å². The van der Waals surface area contributed by atoms with E-state index in [-0.39, 0.29) is 6.42 Å². The van der Waals surface area contributed by atoms with Crippen LogP contribution in [0.25, 0.3) is 0 Å². The Balaban J connectivity index is 1.95. The molecule has 1 aromatic rings. The quantitative estimate of drug-likeness (QED) is 0.255. The molecule has 12 heteroatoms. The van der Waals surface area contributed by atoms with Crippen molar-refractivity contribution in [2.75, 3.05) is 6.54 Å². The predicted molar refractivity (Wildman–Crippen MR) is 104 cm³/mol. The van der Waals surface area contributed by atoms with Crippen LogP contribution in [0.3, 0.4) is 0 Å². The first-order valence-corrected chi connectivity index (χ1v) is 9.66. The number of hydrogen-bond donors (Lipinski definition) is 6. The molecule has 0 aliphatic carbocycles. The number of nitrogens with zero attached hydrogens (tertiary/aromatic N) is 2. The van der Waals surface area contributed by atoms with Crippen molar-refractivity contribution in [2.45, 2.75) is 63.4 Å². The van der Waals surface area contributed by atoms with Gasteiger partial charge in [-0.1, -0.05) is 0 Å². The van der Waals surface area contributed by atoms with Crippen molar-refractivity contribution in [2.24, 2.45) is 5.73 Å². The van der Waals surface area contributed by atoms with Gasteiger partial charge in [0, 0.05) is 24.9 Å². The average molecular weight is 424 g/mol. The van der Waals surface area contributed by atoms with E-state index >= 15 is 0 Å². The molecule has 30 heavy (non-hydrogen) atoms. The van der Waals surface area contributed by atoms with Crippen molar-refractivity contribution >= 4 is 23.7 Å². The van der Waals surface area contributed by atoms with Crippen molar-refractivity contribution in [3.63, 3.8) is 0 Å². The molecule has 1 aliphatic heterocycles. The van der Waals surface area contributed by atoms with E-state index in [2.05, 4.69) is 20.6 Å². The van der Waals surface area contributed by atoms with Crippen LogP contribution in [-0.2, 0) is 25.6 Å². The zero-order valence-electron chi connectivity index (χ0n) is 16.9. The molecule has 0 bridgehead atoms. The summed E-state index contributed by atoms with van der Waals surface area (Å²) in [5.74, 6) is -3.03. The highest BCUT2D eigenvalue weighted by Gasteiger charge is 2.38. The number of carboxylic acid groups (broad SMARTS) is 1. The Kier molecular flexibility index (Phi) is 7.89. The van der Waals surface area contributed by atoms with Crippen LogP contribution in [0.4, 0.5) is 0 Å². The molecule has 5 atom stereocenters. The minimum Gasteiger partial charge on any atom is -0.480 e. The summed E-state index contributed by atoms with van der Waals surface area (Å²) in [6.45, 7) is 3.04. The second-order valence-corrected chi connectivity index (χ2v) is 7.37. The minimum atomic E-state index is -1.48. The summed E-state index contributed by atoms with van der Waals surface area (Å²) in [5, 5.41) is 23.5. The molecule has 1 fully saturated rings. The molecular weight excluding hydrogens is 396 g/mol. The van der Waals surface area contributed by atoms with Crippen LogP contribution in [0.15, 0.2) is 12.5 Å². The SMILES string of the molecule is CC(NC(=O)C(N)Cc1cnc[nH]1)C(=O)N1CCCC1C(=O)NC(C(=O)O)C(C)O. The van der Waals surface area contributed by atoms with E-state index in [1.807, 2.05) is 0 Å². The number of hydrogen-bond acceptors (Lipinski definition) is 7. The highest BCUT2D eigenvalue weighted by molar-refractivity contribution is 5.94. The van der Waals surface area contributed by atoms with E-state index < -0.39 is 54.0 Å². The molecule has 0 saturated carbocycles. The lowest BCUT2D eigenvalue weighted by Crippen LogP contribution is -2.57. The minimum absolute atomic E-state index is 0.220. The van der Waals surface area contributed by atoms with E-state index in [0.29, 0.717) is 25.1 Å². The molecular formula is C18H28N6O6. The fraction of sp³-hybridized carbons (Fsp3) is 0.611. The van der Waals surface area contributed by atoms with Gasteiger partial charge in [0.2, 0.25) is 17.7 Å². The zero-order valence-corrected chi connectivity index (χ0v) is 16.9. The molecule has 2 rings (SSSR count). The van der Waals surface area contributed by atoms with Crippen molar-refractivity contribution < 1.29 is 29.4 Å². The number of carboxylic acids is 1. The lowest BCUT2D eigenvalue weighted by molar-refractivity contribution is -0.147. The zero-order chi connectivity index (χ0) is 22.4. The monoisotopic (exact) mass is 424 g/mol. The van der Waals surface area contributed by atoms with Gasteiger partial charge in [-0.15, -0.1) is 0 Å². The molecule has 1 saturated heterocycles. The second kappa shape index (κ2) is 10.2. The molecule has 0 aromatic carbocycles. The highest BCUT2D eigenvalue weighted by Crippen LogP contribution is 2.19. The number of rotatable bonds is 9. The average Bonchev–Trinajstić information content (AvgIpc) is 3.36. The number of amides is 3. The number of carbonyl (C=O) groups excluding carboxylic acids is 3. The van der Waals surface area contributed by atoms with Crippen LogP contribution in [0.2, 0.25) is 0 Å². The number of imidazole rings is 1.